The van der Waals surface area contributed by atoms with Crippen molar-refractivity contribution < 1.29 is 4.74 Å². The molecule has 0 bridgehead atoms. The summed E-state index contributed by atoms with van der Waals surface area (Å²) in [6.07, 6.45) is 5.49. The Labute approximate surface area is 88.5 Å². The zero-order valence-electron chi connectivity index (χ0n) is 8.24. The van der Waals surface area contributed by atoms with Crippen LogP contribution in [-0.4, -0.2) is 24.2 Å². The molecule has 4 heteroatoms. The molecular weight excluding hydrogens is 196 g/mol. The van der Waals surface area contributed by atoms with Gasteiger partial charge in [-0.2, -0.15) is 0 Å². The SMILES string of the molecule is c1ncc(CNC2CCCOCC2)s1. The molecule has 0 amide bonds. The zero-order chi connectivity index (χ0) is 9.64. The van der Waals surface area contributed by atoms with Crippen molar-refractivity contribution >= 4 is 11.3 Å². The molecule has 1 aliphatic heterocycles. The zero-order valence-corrected chi connectivity index (χ0v) is 9.05. The maximum Gasteiger partial charge on any atom is 0.0794 e. The Hall–Kier alpha value is -0.450. The summed E-state index contributed by atoms with van der Waals surface area (Å²) in [5.74, 6) is 0. The molecule has 2 heterocycles. The van der Waals surface area contributed by atoms with Crippen molar-refractivity contribution in [2.75, 3.05) is 13.2 Å². The monoisotopic (exact) mass is 212 g/mol. The van der Waals surface area contributed by atoms with Crippen molar-refractivity contribution in [1.82, 2.24) is 10.3 Å². The molecule has 0 saturated carbocycles. The summed E-state index contributed by atoms with van der Waals surface area (Å²) < 4.78 is 5.41. The van der Waals surface area contributed by atoms with Gasteiger partial charge >= 0.3 is 0 Å². The predicted molar refractivity (Wildman–Crippen MR) is 57.4 cm³/mol. The normalized spacial score (nSPS) is 23.3. The minimum atomic E-state index is 0.625. The molecule has 0 spiro atoms. The number of ether oxygens (including phenoxy) is 1. The molecule has 1 aliphatic rings. The molecule has 1 unspecified atom stereocenters. The van der Waals surface area contributed by atoms with Crippen molar-refractivity contribution in [3.05, 3.63) is 16.6 Å². The lowest BCUT2D eigenvalue weighted by atomic mass is 10.1. The maximum atomic E-state index is 5.41. The predicted octanol–water partition coefficient (Wildman–Crippen LogP) is 1.80. The van der Waals surface area contributed by atoms with Gasteiger partial charge in [0.25, 0.3) is 0 Å². The quantitative estimate of drug-likeness (QED) is 0.829. The number of thiazole rings is 1. The Morgan fingerprint density at radius 2 is 2.50 bits per heavy atom. The van der Waals surface area contributed by atoms with Gasteiger partial charge in [-0.1, -0.05) is 0 Å². The molecule has 3 nitrogen and oxygen atoms in total. The van der Waals surface area contributed by atoms with Gasteiger partial charge < -0.3 is 10.1 Å². The first-order valence-electron chi connectivity index (χ1n) is 5.13. The number of hydrogen-bond acceptors (Lipinski definition) is 4. The summed E-state index contributed by atoms with van der Waals surface area (Å²) in [7, 11) is 0. The van der Waals surface area contributed by atoms with Crippen LogP contribution in [0.25, 0.3) is 0 Å². The molecule has 0 aromatic carbocycles. The third kappa shape index (κ3) is 3.04. The Bertz CT molecular complexity index is 243. The number of rotatable bonds is 3. The fourth-order valence-electron chi connectivity index (χ4n) is 1.68. The van der Waals surface area contributed by atoms with Crippen LogP contribution in [0.15, 0.2) is 11.7 Å². The van der Waals surface area contributed by atoms with Crippen LogP contribution in [0, 0.1) is 0 Å². The molecule has 1 fully saturated rings. The van der Waals surface area contributed by atoms with E-state index >= 15 is 0 Å². The molecule has 1 atom stereocenters. The van der Waals surface area contributed by atoms with Gasteiger partial charge in [0, 0.05) is 36.9 Å². The van der Waals surface area contributed by atoms with Gasteiger partial charge in [-0.25, -0.2) is 0 Å². The molecule has 0 aliphatic carbocycles. The Kier molecular flexibility index (Phi) is 3.91. The number of hydrogen-bond donors (Lipinski definition) is 1. The fraction of sp³-hybridized carbons (Fsp3) is 0.700. The first-order valence-corrected chi connectivity index (χ1v) is 6.01. The van der Waals surface area contributed by atoms with Crippen LogP contribution in [-0.2, 0) is 11.3 Å². The Morgan fingerprint density at radius 3 is 3.36 bits per heavy atom. The number of aromatic nitrogens is 1. The summed E-state index contributed by atoms with van der Waals surface area (Å²) in [5.41, 5.74) is 1.88. The van der Waals surface area contributed by atoms with E-state index in [0.29, 0.717) is 6.04 Å². The lowest BCUT2D eigenvalue weighted by Crippen LogP contribution is -2.28. The van der Waals surface area contributed by atoms with Gasteiger partial charge in [-0.05, 0) is 19.3 Å². The number of nitrogens with one attached hydrogen (secondary N) is 1. The molecule has 1 aromatic rings. The van der Waals surface area contributed by atoms with Gasteiger partial charge in [0.1, 0.15) is 0 Å². The number of nitrogens with zero attached hydrogens (tertiary/aromatic N) is 1. The Morgan fingerprint density at radius 1 is 1.50 bits per heavy atom. The largest absolute Gasteiger partial charge is 0.381 e. The first-order chi connectivity index (χ1) is 6.95. The van der Waals surface area contributed by atoms with E-state index in [9.17, 15) is 0 Å². The van der Waals surface area contributed by atoms with Crippen LogP contribution in [0.3, 0.4) is 0 Å². The van der Waals surface area contributed by atoms with E-state index in [1.165, 1.54) is 17.7 Å². The topological polar surface area (TPSA) is 34.2 Å². The van der Waals surface area contributed by atoms with E-state index in [-0.39, 0.29) is 0 Å². The summed E-state index contributed by atoms with van der Waals surface area (Å²) >= 11 is 1.71. The van der Waals surface area contributed by atoms with Crippen LogP contribution >= 0.6 is 11.3 Å². The van der Waals surface area contributed by atoms with Gasteiger partial charge in [0.05, 0.1) is 5.51 Å². The fourth-order valence-corrected chi connectivity index (χ4v) is 2.23. The molecular formula is C10H16N2OS. The highest BCUT2D eigenvalue weighted by Crippen LogP contribution is 2.10. The lowest BCUT2D eigenvalue weighted by molar-refractivity contribution is 0.142. The molecule has 1 saturated heterocycles. The van der Waals surface area contributed by atoms with Crippen LogP contribution < -0.4 is 5.32 Å². The molecule has 1 aromatic heterocycles. The van der Waals surface area contributed by atoms with E-state index < -0.39 is 0 Å². The summed E-state index contributed by atoms with van der Waals surface area (Å²) in [4.78, 5) is 5.37. The van der Waals surface area contributed by atoms with Crippen LogP contribution in [0.2, 0.25) is 0 Å². The second-order valence-corrected chi connectivity index (χ2v) is 4.56. The van der Waals surface area contributed by atoms with E-state index in [1.54, 1.807) is 11.3 Å². The summed E-state index contributed by atoms with van der Waals surface area (Å²) in [5, 5.41) is 3.55. The molecule has 78 valence electrons. The second kappa shape index (κ2) is 5.44. The first kappa shape index (κ1) is 10.1. The third-order valence-corrected chi connectivity index (χ3v) is 3.28. The van der Waals surface area contributed by atoms with Crippen molar-refractivity contribution in [2.45, 2.75) is 31.8 Å². The highest BCUT2D eigenvalue weighted by atomic mass is 32.1. The summed E-state index contributed by atoms with van der Waals surface area (Å²) in [6.45, 7) is 2.79. The lowest BCUT2D eigenvalue weighted by Gasteiger charge is -2.14. The van der Waals surface area contributed by atoms with E-state index in [1.807, 2.05) is 11.7 Å². The maximum absolute atomic E-state index is 5.41. The second-order valence-electron chi connectivity index (χ2n) is 3.59. The highest BCUT2D eigenvalue weighted by Gasteiger charge is 2.11. The van der Waals surface area contributed by atoms with Gasteiger partial charge in [0.15, 0.2) is 0 Å². The smallest absolute Gasteiger partial charge is 0.0794 e. The van der Waals surface area contributed by atoms with Crippen LogP contribution in [0.5, 0.6) is 0 Å². The van der Waals surface area contributed by atoms with E-state index in [2.05, 4.69) is 10.3 Å². The van der Waals surface area contributed by atoms with E-state index in [4.69, 9.17) is 4.74 Å². The van der Waals surface area contributed by atoms with Crippen molar-refractivity contribution in [3.63, 3.8) is 0 Å². The molecule has 0 radical (unpaired) electrons. The molecule has 2 rings (SSSR count). The van der Waals surface area contributed by atoms with Crippen LogP contribution in [0.4, 0.5) is 0 Å². The van der Waals surface area contributed by atoms with Gasteiger partial charge in [-0.3, -0.25) is 4.98 Å². The van der Waals surface area contributed by atoms with Gasteiger partial charge in [0.2, 0.25) is 0 Å². The van der Waals surface area contributed by atoms with Crippen molar-refractivity contribution in [1.29, 1.82) is 0 Å². The van der Waals surface area contributed by atoms with Gasteiger partial charge in [-0.15, -0.1) is 11.3 Å². The van der Waals surface area contributed by atoms with Crippen LogP contribution in [0.1, 0.15) is 24.1 Å². The molecule has 14 heavy (non-hydrogen) atoms. The molecule has 1 N–H and O–H groups in total. The average molecular weight is 212 g/mol. The standard InChI is InChI=1S/C10H16N2OS/c1-2-9(3-5-13-4-1)12-7-10-6-11-8-14-10/h6,8-9,12H,1-5,7H2. The minimum Gasteiger partial charge on any atom is -0.381 e. The summed E-state index contributed by atoms with van der Waals surface area (Å²) in [6, 6.07) is 0.625. The van der Waals surface area contributed by atoms with Crippen molar-refractivity contribution in [2.24, 2.45) is 0 Å². The average Bonchev–Trinajstić information content (AvgIpc) is 2.58. The highest BCUT2D eigenvalue weighted by molar-refractivity contribution is 7.09. The third-order valence-electron chi connectivity index (χ3n) is 2.50. The Balaban J connectivity index is 1.73. The minimum absolute atomic E-state index is 0.625. The van der Waals surface area contributed by atoms with Crippen molar-refractivity contribution in [3.8, 4) is 0 Å². The van der Waals surface area contributed by atoms with E-state index in [0.717, 1.165) is 26.2 Å².